The fourth-order valence-corrected chi connectivity index (χ4v) is 3.26. The van der Waals surface area contributed by atoms with Gasteiger partial charge in [0.15, 0.2) is 11.5 Å². The van der Waals surface area contributed by atoms with E-state index in [4.69, 9.17) is 9.47 Å². The molecule has 128 valence electrons. The van der Waals surface area contributed by atoms with Crippen molar-refractivity contribution in [1.29, 1.82) is 0 Å². The Balaban J connectivity index is 1.49. The number of likely N-dealkylation sites (N-methyl/N-ethyl adjacent to an activating group) is 1. The Morgan fingerprint density at radius 3 is 2.83 bits per heavy atom. The summed E-state index contributed by atoms with van der Waals surface area (Å²) in [6.45, 7) is 1.24. The molecule has 6 nitrogen and oxygen atoms in total. The molecule has 2 aromatic rings. The number of fused-ring (bicyclic) bond motifs is 1. The van der Waals surface area contributed by atoms with E-state index in [1.54, 1.807) is 11.3 Å². The number of benzene rings is 1. The van der Waals surface area contributed by atoms with Gasteiger partial charge in [-0.3, -0.25) is 0 Å². The topological polar surface area (TPSA) is 62.8 Å². The number of nitrogens with zero attached hydrogens (tertiary/aromatic N) is 1. The van der Waals surface area contributed by atoms with E-state index in [9.17, 15) is 4.79 Å². The Hall–Kier alpha value is -2.25. The molecule has 1 aromatic carbocycles. The number of carbonyl (C=O) groups is 1. The van der Waals surface area contributed by atoms with Gasteiger partial charge in [-0.25, -0.2) is 4.79 Å². The van der Waals surface area contributed by atoms with Crippen molar-refractivity contribution in [1.82, 2.24) is 15.5 Å². The highest BCUT2D eigenvalue weighted by atomic mass is 32.1. The van der Waals surface area contributed by atoms with E-state index >= 15 is 0 Å². The molecule has 24 heavy (non-hydrogen) atoms. The van der Waals surface area contributed by atoms with E-state index in [0.717, 1.165) is 17.1 Å². The monoisotopic (exact) mass is 347 g/mol. The lowest BCUT2D eigenvalue weighted by Crippen LogP contribution is -2.40. The van der Waals surface area contributed by atoms with Crippen LogP contribution in [-0.2, 0) is 6.54 Å². The smallest absolute Gasteiger partial charge is 0.315 e. The zero-order valence-electron chi connectivity index (χ0n) is 13.7. The summed E-state index contributed by atoms with van der Waals surface area (Å²) in [6.07, 6.45) is 0. The highest BCUT2D eigenvalue weighted by molar-refractivity contribution is 7.07. The van der Waals surface area contributed by atoms with Gasteiger partial charge in [0.25, 0.3) is 0 Å². The van der Waals surface area contributed by atoms with E-state index in [0.29, 0.717) is 13.1 Å². The second kappa shape index (κ2) is 7.55. The Morgan fingerprint density at radius 1 is 1.25 bits per heavy atom. The molecule has 0 unspecified atom stereocenters. The molecule has 0 bridgehead atoms. The largest absolute Gasteiger partial charge is 0.454 e. The van der Waals surface area contributed by atoms with Crippen LogP contribution in [0.1, 0.15) is 17.2 Å². The van der Waals surface area contributed by atoms with E-state index in [2.05, 4.69) is 27.0 Å². The SMILES string of the molecule is CN(C)[C@@H](CNC(=O)NCc1ccc2c(c1)OCO2)c1ccsc1. The standard InChI is InChI=1S/C17H21N3O3S/c1-20(2)14(13-5-6-24-10-13)9-19-17(21)18-8-12-3-4-15-16(7-12)23-11-22-15/h3-7,10,14H,8-9,11H2,1-2H3,(H2,18,19,21)/t14-/m0/s1. The summed E-state index contributed by atoms with van der Waals surface area (Å²) in [5, 5.41) is 9.95. The number of amides is 2. The van der Waals surface area contributed by atoms with Gasteiger partial charge in [-0.2, -0.15) is 11.3 Å². The van der Waals surface area contributed by atoms with Crippen molar-refractivity contribution < 1.29 is 14.3 Å². The van der Waals surface area contributed by atoms with Crippen molar-refractivity contribution in [3.05, 3.63) is 46.2 Å². The first-order valence-electron chi connectivity index (χ1n) is 7.72. The minimum Gasteiger partial charge on any atom is -0.454 e. The molecule has 0 saturated heterocycles. The van der Waals surface area contributed by atoms with Gasteiger partial charge in [-0.05, 0) is 54.2 Å². The number of ether oxygens (including phenoxy) is 2. The summed E-state index contributed by atoms with van der Waals surface area (Å²) in [5.41, 5.74) is 2.18. The van der Waals surface area contributed by atoms with Gasteiger partial charge in [-0.15, -0.1) is 0 Å². The Bertz CT molecular complexity index is 688. The highest BCUT2D eigenvalue weighted by Crippen LogP contribution is 2.32. The van der Waals surface area contributed by atoms with Crippen molar-refractivity contribution in [3.63, 3.8) is 0 Å². The number of nitrogens with one attached hydrogen (secondary N) is 2. The maximum absolute atomic E-state index is 12.1. The number of rotatable bonds is 6. The van der Waals surface area contributed by atoms with Crippen molar-refractivity contribution in [2.75, 3.05) is 27.4 Å². The summed E-state index contributed by atoms with van der Waals surface area (Å²) in [7, 11) is 4.02. The van der Waals surface area contributed by atoms with Gasteiger partial charge in [0.2, 0.25) is 6.79 Å². The lowest BCUT2D eigenvalue weighted by Gasteiger charge is -2.24. The third kappa shape index (κ3) is 3.98. The van der Waals surface area contributed by atoms with Crippen LogP contribution in [0.15, 0.2) is 35.0 Å². The normalized spacial score (nSPS) is 13.8. The molecule has 1 aliphatic heterocycles. The van der Waals surface area contributed by atoms with Crippen LogP contribution in [0.3, 0.4) is 0 Å². The highest BCUT2D eigenvalue weighted by Gasteiger charge is 2.16. The van der Waals surface area contributed by atoms with Crippen LogP contribution in [-0.4, -0.2) is 38.4 Å². The van der Waals surface area contributed by atoms with Gasteiger partial charge >= 0.3 is 6.03 Å². The van der Waals surface area contributed by atoms with E-state index in [1.165, 1.54) is 5.56 Å². The summed E-state index contributed by atoms with van der Waals surface area (Å²) in [6, 6.07) is 7.72. The number of carbonyl (C=O) groups excluding carboxylic acids is 1. The van der Waals surface area contributed by atoms with Crippen LogP contribution in [0.25, 0.3) is 0 Å². The second-order valence-electron chi connectivity index (χ2n) is 5.79. The van der Waals surface area contributed by atoms with Crippen LogP contribution >= 0.6 is 11.3 Å². The average molecular weight is 347 g/mol. The zero-order chi connectivity index (χ0) is 16.9. The summed E-state index contributed by atoms with van der Waals surface area (Å²) < 4.78 is 10.6. The van der Waals surface area contributed by atoms with Gasteiger partial charge in [0, 0.05) is 13.1 Å². The third-order valence-corrected chi connectivity index (χ3v) is 4.60. The van der Waals surface area contributed by atoms with Gasteiger partial charge in [0.1, 0.15) is 0 Å². The fraction of sp³-hybridized carbons (Fsp3) is 0.353. The lowest BCUT2D eigenvalue weighted by atomic mass is 10.1. The Morgan fingerprint density at radius 2 is 2.08 bits per heavy atom. The summed E-state index contributed by atoms with van der Waals surface area (Å²) in [5.74, 6) is 1.47. The van der Waals surface area contributed by atoms with Gasteiger partial charge in [-0.1, -0.05) is 6.07 Å². The minimum absolute atomic E-state index is 0.160. The van der Waals surface area contributed by atoms with Crippen molar-refractivity contribution in [3.8, 4) is 11.5 Å². The average Bonchev–Trinajstić information content (AvgIpc) is 3.23. The van der Waals surface area contributed by atoms with E-state index in [-0.39, 0.29) is 18.9 Å². The number of thiophene rings is 1. The zero-order valence-corrected chi connectivity index (χ0v) is 14.6. The van der Waals surface area contributed by atoms with Crippen molar-refractivity contribution in [2.24, 2.45) is 0 Å². The van der Waals surface area contributed by atoms with Crippen molar-refractivity contribution in [2.45, 2.75) is 12.6 Å². The van der Waals surface area contributed by atoms with Crippen molar-refractivity contribution >= 4 is 17.4 Å². The van der Waals surface area contributed by atoms with Crippen LogP contribution in [0.2, 0.25) is 0 Å². The fourth-order valence-electron chi connectivity index (χ4n) is 2.55. The molecule has 0 aliphatic carbocycles. The molecule has 0 saturated carbocycles. The molecule has 1 aromatic heterocycles. The number of hydrogen-bond acceptors (Lipinski definition) is 5. The lowest BCUT2D eigenvalue weighted by molar-refractivity contribution is 0.174. The molecule has 2 amide bonds. The quantitative estimate of drug-likeness (QED) is 0.843. The van der Waals surface area contributed by atoms with Crippen LogP contribution in [0.4, 0.5) is 4.79 Å². The predicted molar refractivity (Wildman–Crippen MR) is 93.6 cm³/mol. The van der Waals surface area contributed by atoms with Crippen LogP contribution in [0, 0.1) is 0 Å². The molecule has 1 atom stereocenters. The van der Waals surface area contributed by atoms with Gasteiger partial charge < -0.3 is 25.0 Å². The third-order valence-electron chi connectivity index (χ3n) is 3.90. The number of hydrogen-bond donors (Lipinski definition) is 2. The van der Waals surface area contributed by atoms with Gasteiger partial charge in [0.05, 0.1) is 6.04 Å². The first kappa shape index (κ1) is 16.6. The maximum atomic E-state index is 12.1. The molecule has 1 aliphatic rings. The summed E-state index contributed by atoms with van der Waals surface area (Å²) >= 11 is 1.66. The molecule has 2 N–H and O–H groups in total. The van der Waals surface area contributed by atoms with Crippen LogP contribution < -0.4 is 20.1 Å². The first-order valence-corrected chi connectivity index (χ1v) is 8.66. The molecule has 0 radical (unpaired) electrons. The molecule has 0 fully saturated rings. The summed E-state index contributed by atoms with van der Waals surface area (Å²) in [4.78, 5) is 14.2. The van der Waals surface area contributed by atoms with E-state index in [1.807, 2.05) is 37.7 Å². The Labute approximate surface area is 145 Å². The Kier molecular flexibility index (Phi) is 5.22. The molecular formula is C17H21N3O3S. The maximum Gasteiger partial charge on any atom is 0.315 e. The molecule has 0 spiro atoms. The number of urea groups is 1. The minimum atomic E-state index is -0.185. The van der Waals surface area contributed by atoms with E-state index < -0.39 is 0 Å². The predicted octanol–water partition coefficient (Wildman–Crippen LogP) is 2.58. The second-order valence-corrected chi connectivity index (χ2v) is 6.57. The molecule has 2 heterocycles. The molecule has 7 heteroatoms. The molecular weight excluding hydrogens is 326 g/mol. The molecule has 3 rings (SSSR count). The van der Waals surface area contributed by atoms with Crippen LogP contribution in [0.5, 0.6) is 11.5 Å². The first-order chi connectivity index (χ1) is 11.6.